The fraction of sp³-hybridized carbons (Fsp3) is 0.583. The molecule has 1 aliphatic heterocycles. The first-order valence-corrected chi connectivity index (χ1v) is 6.42. The van der Waals surface area contributed by atoms with Crippen LogP contribution in [-0.2, 0) is 15.7 Å². The van der Waals surface area contributed by atoms with E-state index in [-0.39, 0.29) is 11.7 Å². The molecular formula is C12H15F3N4O2. The summed E-state index contributed by atoms with van der Waals surface area (Å²) >= 11 is 0. The van der Waals surface area contributed by atoms with Crippen molar-refractivity contribution < 1.29 is 22.7 Å². The number of rotatable bonds is 3. The zero-order chi connectivity index (χ0) is 15.5. The fourth-order valence-electron chi connectivity index (χ4n) is 1.90. The molecule has 0 spiro atoms. The van der Waals surface area contributed by atoms with Gasteiger partial charge in [-0.15, -0.1) is 10.2 Å². The highest BCUT2D eigenvalue weighted by Gasteiger charge is 2.33. The fourth-order valence-corrected chi connectivity index (χ4v) is 1.90. The standard InChI is InChI=1S/C12H15F3N4O2/c1-8(11(20)19-4-6-21-7-5-19)16-10-3-2-9(17-18-10)12(13,14)15/h2-3,8H,4-7H2,1H3,(H,16,18). The molecule has 2 rings (SSSR count). The van der Waals surface area contributed by atoms with Crippen molar-refractivity contribution in [2.45, 2.75) is 19.1 Å². The number of carbonyl (C=O) groups is 1. The van der Waals surface area contributed by atoms with Crippen LogP contribution < -0.4 is 5.32 Å². The number of ether oxygens (including phenoxy) is 1. The minimum absolute atomic E-state index is 0.122. The molecule has 1 unspecified atom stereocenters. The molecule has 2 heterocycles. The predicted octanol–water partition coefficient (Wildman–Crippen LogP) is 1.15. The highest BCUT2D eigenvalue weighted by molar-refractivity contribution is 5.84. The summed E-state index contributed by atoms with van der Waals surface area (Å²) in [4.78, 5) is 13.7. The minimum Gasteiger partial charge on any atom is -0.378 e. The number of hydrogen-bond acceptors (Lipinski definition) is 5. The number of nitrogens with zero attached hydrogens (tertiary/aromatic N) is 3. The Morgan fingerprint density at radius 1 is 1.33 bits per heavy atom. The second kappa shape index (κ2) is 6.25. The first kappa shape index (κ1) is 15.5. The van der Waals surface area contributed by atoms with Gasteiger partial charge in [-0.25, -0.2) is 0 Å². The highest BCUT2D eigenvalue weighted by atomic mass is 19.4. The molecule has 1 amide bonds. The van der Waals surface area contributed by atoms with Crippen molar-refractivity contribution in [3.8, 4) is 0 Å². The van der Waals surface area contributed by atoms with Gasteiger partial charge in [-0.05, 0) is 19.1 Å². The molecule has 1 N–H and O–H groups in total. The third kappa shape index (κ3) is 4.03. The molecule has 116 valence electrons. The average molecular weight is 304 g/mol. The Labute approximate surface area is 119 Å². The van der Waals surface area contributed by atoms with Crippen molar-refractivity contribution in [3.05, 3.63) is 17.8 Å². The van der Waals surface area contributed by atoms with E-state index < -0.39 is 17.9 Å². The molecule has 0 radical (unpaired) electrons. The van der Waals surface area contributed by atoms with Crippen LogP contribution >= 0.6 is 0 Å². The molecular weight excluding hydrogens is 289 g/mol. The Bertz CT molecular complexity index is 486. The van der Waals surface area contributed by atoms with Crippen molar-refractivity contribution >= 4 is 11.7 Å². The van der Waals surface area contributed by atoms with Crippen LogP contribution in [0.1, 0.15) is 12.6 Å². The van der Waals surface area contributed by atoms with Crippen LogP contribution in [0.4, 0.5) is 19.0 Å². The summed E-state index contributed by atoms with van der Waals surface area (Å²) in [6.45, 7) is 3.60. The Balaban J connectivity index is 1.95. The number of aromatic nitrogens is 2. The van der Waals surface area contributed by atoms with E-state index in [2.05, 4.69) is 15.5 Å². The molecule has 9 heteroatoms. The second-order valence-electron chi connectivity index (χ2n) is 4.61. The molecule has 0 aliphatic carbocycles. The summed E-state index contributed by atoms with van der Waals surface area (Å²) in [5.74, 6) is -0.0305. The van der Waals surface area contributed by atoms with Crippen LogP contribution in [-0.4, -0.2) is 53.3 Å². The Hall–Kier alpha value is -1.90. The molecule has 6 nitrogen and oxygen atoms in total. The SMILES string of the molecule is CC(Nc1ccc(C(F)(F)F)nn1)C(=O)N1CCOCC1. The van der Waals surface area contributed by atoms with Crippen LogP contribution in [0.2, 0.25) is 0 Å². The zero-order valence-electron chi connectivity index (χ0n) is 11.4. The quantitative estimate of drug-likeness (QED) is 0.907. The van der Waals surface area contributed by atoms with Crippen molar-refractivity contribution in [2.24, 2.45) is 0 Å². The Morgan fingerprint density at radius 3 is 2.52 bits per heavy atom. The summed E-state index contributed by atoms with van der Waals surface area (Å²) in [5, 5.41) is 9.27. The first-order chi connectivity index (χ1) is 9.88. The number of amides is 1. The second-order valence-corrected chi connectivity index (χ2v) is 4.61. The van der Waals surface area contributed by atoms with Crippen molar-refractivity contribution in [3.63, 3.8) is 0 Å². The molecule has 1 aliphatic rings. The van der Waals surface area contributed by atoms with E-state index in [1.807, 2.05) is 0 Å². The number of anilines is 1. The van der Waals surface area contributed by atoms with E-state index >= 15 is 0 Å². The van der Waals surface area contributed by atoms with E-state index in [1.165, 1.54) is 0 Å². The van der Waals surface area contributed by atoms with Gasteiger partial charge in [0.2, 0.25) is 5.91 Å². The average Bonchev–Trinajstić information content (AvgIpc) is 2.47. The maximum atomic E-state index is 12.4. The van der Waals surface area contributed by atoms with Gasteiger partial charge in [0.15, 0.2) is 5.69 Å². The topological polar surface area (TPSA) is 67.4 Å². The maximum Gasteiger partial charge on any atom is 0.435 e. The minimum atomic E-state index is -4.53. The zero-order valence-corrected chi connectivity index (χ0v) is 11.4. The van der Waals surface area contributed by atoms with Crippen LogP contribution in [0, 0.1) is 0 Å². The van der Waals surface area contributed by atoms with Crippen molar-refractivity contribution in [2.75, 3.05) is 31.6 Å². The molecule has 1 saturated heterocycles. The smallest absolute Gasteiger partial charge is 0.378 e. The molecule has 1 aromatic heterocycles. The lowest BCUT2D eigenvalue weighted by Crippen LogP contribution is -2.47. The lowest BCUT2D eigenvalue weighted by atomic mass is 10.2. The number of hydrogen-bond donors (Lipinski definition) is 1. The number of morpholine rings is 1. The van der Waals surface area contributed by atoms with Gasteiger partial charge in [-0.3, -0.25) is 4.79 Å². The van der Waals surface area contributed by atoms with E-state index in [0.717, 1.165) is 12.1 Å². The van der Waals surface area contributed by atoms with Crippen molar-refractivity contribution in [1.82, 2.24) is 15.1 Å². The van der Waals surface area contributed by atoms with Gasteiger partial charge in [-0.1, -0.05) is 0 Å². The molecule has 1 fully saturated rings. The van der Waals surface area contributed by atoms with Crippen LogP contribution in [0.3, 0.4) is 0 Å². The van der Waals surface area contributed by atoms with Gasteiger partial charge in [0.1, 0.15) is 11.9 Å². The van der Waals surface area contributed by atoms with E-state index in [4.69, 9.17) is 4.74 Å². The van der Waals surface area contributed by atoms with Gasteiger partial charge in [0.25, 0.3) is 0 Å². The Morgan fingerprint density at radius 2 is 2.00 bits per heavy atom. The third-order valence-corrected chi connectivity index (χ3v) is 3.01. The molecule has 1 atom stereocenters. The normalized spacial score (nSPS) is 17.4. The van der Waals surface area contributed by atoms with Crippen LogP contribution in [0.25, 0.3) is 0 Å². The van der Waals surface area contributed by atoms with E-state index in [1.54, 1.807) is 11.8 Å². The molecule has 0 saturated carbocycles. The Kier molecular flexibility index (Phi) is 4.61. The van der Waals surface area contributed by atoms with Crippen molar-refractivity contribution in [1.29, 1.82) is 0 Å². The first-order valence-electron chi connectivity index (χ1n) is 6.42. The van der Waals surface area contributed by atoms with Crippen LogP contribution in [0.5, 0.6) is 0 Å². The third-order valence-electron chi connectivity index (χ3n) is 3.01. The highest BCUT2D eigenvalue weighted by Crippen LogP contribution is 2.27. The van der Waals surface area contributed by atoms with Gasteiger partial charge < -0.3 is 15.0 Å². The number of nitrogens with one attached hydrogen (secondary N) is 1. The lowest BCUT2D eigenvalue weighted by Gasteiger charge is -2.29. The largest absolute Gasteiger partial charge is 0.435 e. The van der Waals surface area contributed by atoms with E-state index in [9.17, 15) is 18.0 Å². The lowest BCUT2D eigenvalue weighted by molar-refractivity contribution is -0.141. The summed E-state index contributed by atoms with van der Waals surface area (Å²) in [7, 11) is 0. The number of halogens is 3. The van der Waals surface area contributed by atoms with Gasteiger partial charge >= 0.3 is 6.18 Å². The van der Waals surface area contributed by atoms with Crippen LogP contribution in [0.15, 0.2) is 12.1 Å². The van der Waals surface area contributed by atoms with Gasteiger partial charge in [-0.2, -0.15) is 13.2 Å². The number of carbonyl (C=O) groups excluding carboxylic acids is 1. The number of alkyl halides is 3. The summed E-state index contributed by atoms with van der Waals surface area (Å²) in [6.07, 6.45) is -4.53. The summed E-state index contributed by atoms with van der Waals surface area (Å²) < 4.78 is 42.2. The van der Waals surface area contributed by atoms with E-state index in [0.29, 0.717) is 26.3 Å². The summed E-state index contributed by atoms with van der Waals surface area (Å²) in [6, 6.07) is 1.37. The predicted molar refractivity (Wildman–Crippen MR) is 67.5 cm³/mol. The van der Waals surface area contributed by atoms with Gasteiger partial charge in [0.05, 0.1) is 13.2 Å². The van der Waals surface area contributed by atoms with Gasteiger partial charge in [0, 0.05) is 13.1 Å². The molecule has 21 heavy (non-hydrogen) atoms. The molecule has 0 aromatic carbocycles. The summed E-state index contributed by atoms with van der Waals surface area (Å²) in [5.41, 5.74) is -1.07. The maximum absolute atomic E-state index is 12.4. The molecule has 0 bridgehead atoms. The molecule has 1 aromatic rings. The monoisotopic (exact) mass is 304 g/mol.